The third-order valence-corrected chi connectivity index (χ3v) is 5.26. The Morgan fingerprint density at radius 3 is 2.45 bits per heavy atom. The van der Waals surface area contributed by atoms with Crippen LogP contribution in [-0.2, 0) is 19.6 Å². The number of rotatable bonds is 7. The number of ether oxygens (including phenoxy) is 1. The maximum Gasteiger partial charge on any atom is 0.240 e. The maximum atomic E-state index is 12.2. The van der Waals surface area contributed by atoms with Gasteiger partial charge in [-0.05, 0) is 43.5 Å². The topological polar surface area (TPSA) is 84.5 Å². The van der Waals surface area contributed by atoms with Crippen LogP contribution in [0.5, 0.6) is 0 Å². The third-order valence-electron chi connectivity index (χ3n) is 3.65. The minimum atomic E-state index is -3.58. The molecule has 1 amide bonds. The van der Waals surface area contributed by atoms with Gasteiger partial charge in [-0.25, -0.2) is 13.1 Å². The number of nitrogens with one attached hydrogen (secondary N) is 2. The van der Waals surface area contributed by atoms with Crippen molar-refractivity contribution in [1.82, 2.24) is 4.72 Å². The molecule has 1 aromatic carbocycles. The molecule has 3 unspecified atom stereocenters. The van der Waals surface area contributed by atoms with E-state index in [-0.39, 0.29) is 22.8 Å². The SMILES string of the molecule is COCC(C)NS(=O)(=O)c1ccc(NC(=O)C2CC2C)cc1. The minimum absolute atomic E-state index is 0.00468. The second-order valence-corrected chi connectivity index (χ2v) is 7.52. The van der Waals surface area contributed by atoms with Crippen LogP contribution in [0.2, 0.25) is 0 Å². The average Bonchev–Trinajstić information content (AvgIpc) is 3.16. The van der Waals surface area contributed by atoms with Crippen LogP contribution >= 0.6 is 0 Å². The number of hydrogen-bond acceptors (Lipinski definition) is 4. The summed E-state index contributed by atoms with van der Waals surface area (Å²) in [5, 5.41) is 2.80. The zero-order chi connectivity index (χ0) is 16.3. The lowest BCUT2D eigenvalue weighted by Crippen LogP contribution is -2.35. The summed E-state index contributed by atoms with van der Waals surface area (Å²) in [7, 11) is -2.07. The molecule has 0 spiro atoms. The van der Waals surface area contributed by atoms with Crippen LogP contribution in [0.3, 0.4) is 0 Å². The molecule has 7 heteroatoms. The van der Waals surface area contributed by atoms with Crippen LogP contribution in [0, 0.1) is 11.8 Å². The van der Waals surface area contributed by atoms with Gasteiger partial charge in [0.2, 0.25) is 15.9 Å². The molecule has 0 bridgehead atoms. The van der Waals surface area contributed by atoms with E-state index < -0.39 is 10.0 Å². The molecule has 0 aliphatic heterocycles. The van der Waals surface area contributed by atoms with Gasteiger partial charge in [-0.1, -0.05) is 6.92 Å². The molecule has 0 heterocycles. The molecular formula is C15H22N2O4S. The van der Waals surface area contributed by atoms with E-state index in [9.17, 15) is 13.2 Å². The number of amides is 1. The van der Waals surface area contributed by atoms with Gasteiger partial charge in [0.1, 0.15) is 0 Å². The third kappa shape index (κ3) is 4.28. The Kier molecular flexibility index (Phi) is 5.20. The molecule has 3 atom stereocenters. The van der Waals surface area contributed by atoms with Gasteiger partial charge >= 0.3 is 0 Å². The van der Waals surface area contributed by atoms with E-state index in [1.807, 2.05) is 6.92 Å². The number of sulfonamides is 1. The lowest BCUT2D eigenvalue weighted by Gasteiger charge is -2.13. The molecule has 1 fully saturated rings. The fourth-order valence-corrected chi connectivity index (χ4v) is 3.48. The zero-order valence-corrected chi connectivity index (χ0v) is 13.8. The first-order valence-electron chi connectivity index (χ1n) is 7.25. The van der Waals surface area contributed by atoms with E-state index in [1.54, 1.807) is 19.1 Å². The van der Waals surface area contributed by atoms with Crippen molar-refractivity contribution in [3.05, 3.63) is 24.3 Å². The molecule has 1 aliphatic rings. The van der Waals surface area contributed by atoms with Crippen molar-refractivity contribution in [1.29, 1.82) is 0 Å². The van der Waals surface area contributed by atoms with Crippen LogP contribution in [-0.4, -0.2) is 34.1 Å². The van der Waals surface area contributed by atoms with Crippen molar-refractivity contribution in [2.45, 2.75) is 31.2 Å². The first kappa shape index (κ1) is 16.9. The Morgan fingerprint density at radius 2 is 1.95 bits per heavy atom. The van der Waals surface area contributed by atoms with E-state index in [1.165, 1.54) is 19.2 Å². The van der Waals surface area contributed by atoms with Gasteiger partial charge in [-0.3, -0.25) is 4.79 Å². The summed E-state index contributed by atoms with van der Waals surface area (Å²) < 4.78 is 31.8. The van der Waals surface area contributed by atoms with Gasteiger partial charge in [0.05, 0.1) is 11.5 Å². The number of carbonyl (C=O) groups is 1. The molecule has 0 aromatic heterocycles. The molecule has 2 N–H and O–H groups in total. The van der Waals surface area contributed by atoms with Crippen molar-refractivity contribution in [3.63, 3.8) is 0 Å². The Morgan fingerprint density at radius 1 is 1.36 bits per heavy atom. The van der Waals surface area contributed by atoms with E-state index in [0.717, 1.165) is 6.42 Å². The number of carbonyl (C=O) groups excluding carboxylic acids is 1. The van der Waals surface area contributed by atoms with Gasteiger partial charge in [0, 0.05) is 24.8 Å². The molecule has 0 saturated heterocycles. The number of methoxy groups -OCH3 is 1. The van der Waals surface area contributed by atoms with Crippen LogP contribution in [0.25, 0.3) is 0 Å². The minimum Gasteiger partial charge on any atom is -0.383 e. The predicted molar refractivity (Wildman–Crippen MR) is 84.0 cm³/mol. The fraction of sp³-hybridized carbons (Fsp3) is 0.533. The highest BCUT2D eigenvalue weighted by Crippen LogP contribution is 2.38. The molecule has 6 nitrogen and oxygen atoms in total. The van der Waals surface area contributed by atoms with Crippen LogP contribution < -0.4 is 10.0 Å². The smallest absolute Gasteiger partial charge is 0.240 e. The van der Waals surface area contributed by atoms with Gasteiger partial charge in [-0.15, -0.1) is 0 Å². The van der Waals surface area contributed by atoms with Gasteiger partial charge in [0.25, 0.3) is 0 Å². The fourth-order valence-electron chi connectivity index (χ4n) is 2.26. The maximum absolute atomic E-state index is 12.2. The number of hydrogen-bond donors (Lipinski definition) is 2. The molecular weight excluding hydrogens is 304 g/mol. The van der Waals surface area contributed by atoms with E-state index in [0.29, 0.717) is 18.2 Å². The zero-order valence-electron chi connectivity index (χ0n) is 13.0. The molecule has 1 aliphatic carbocycles. The summed E-state index contributed by atoms with van der Waals surface area (Å²) in [6, 6.07) is 5.84. The van der Waals surface area contributed by atoms with Crippen molar-refractivity contribution >= 4 is 21.6 Å². The van der Waals surface area contributed by atoms with Gasteiger partial charge < -0.3 is 10.1 Å². The van der Waals surface area contributed by atoms with Crippen LogP contribution in [0.1, 0.15) is 20.3 Å². The second-order valence-electron chi connectivity index (χ2n) is 5.81. The Labute approximate surface area is 131 Å². The molecule has 22 heavy (non-hydrogen) atoms. The van der Waals surface area contributed by atoms with Crippen molar-refractivity contribution < 1.29 is 17.9 Å². The number of anilines is 1. The standard InChI is InChI=1S/C15H22N2O4S/c1-10-8-14(10)15(18)16-12-4-6-13(7-5-12)22(19,20)17-11(2)9-21-3/h4-7,10-11,14,17H,8-9H2,1-3H3,(H,16,18). The quantitative estimate of drug-likeness (QED) is 0.797. The highest BCUT2D eigenvalue weighted by atomic mass is 32.2. The first-order chi connectivity index (χ1) is 10.3. The van der Waals surface area contributed by atoms with E-state index in [2.05, 4.69) is 10.0 Å². The summed E-state index contributed by atoms with van der Waals surface area (Å²) in [4.78, 5) is 12.0. The molecule has 122 valence electrons. The summed E-state index contributed by atoms with van der Waals surface area (Å²) in [6.07, 6.45) is 0.916. The molecule has 2 rings (SSSR count). The van der Waals surface area contributed by atoms with Gasteiger partial charge in [-0.2, -0.15) is 0 Å². The van der Waals surface area contributed by atoms with Crippen molar-refractivity contribution in [2.75, 3.05) is 19.0 Å². The van der Waals surface area contributed by atoms with Crippen molar-refractivity contribution in [3.8, 4) is 0 Å². The average molecular weight is 326 g/mol. The summed E-state index contributed by atoms with van der Waals surface area (Å²) in [6.45, 7) is 4.06. The number of benzene rings is 1. The van der Waals surface area contributed by atoms with Crippen LogP contribution in [0.15, 0.2) is 29.2 Å². The Hall–Kier alpha value is -1.44. The molecule has 1 aromatic rings. The Bertz CT molecular complexity index is 627. The lowest BCUT2D eigenvalue weighted by molar-refractivity contribution is -0.117. The highest BCUT2D eigenvalue weighted by Gasteiger charge is 2.39. The van der Waals surface area contributed by atoms with Gasteiger partial charge in [0.15, 0.2) is 0 Å². The van der Waals surface area contributed by atoms with E-state index in [4.69, 9.17) is 4.74 Å². The lowest BCUT2D eigenvalue weighted by atomic mass is 10.3. The van der Waals surface area contributed by atoms with Crippen LogP contribution in [0.4, 0.5) is 5.69 Å². The summed E-state index contributed by atoms with van der Waals surface area (Å²) in [5.41, 5.74) is 0.605. The molecule has 0 radical (unpaired) electrons. The summed E-state index contributed by atoms with van der Waals surface area (Å²) >= 11 is 0. The monoisotopic (exact) mass is 326 g/mol. The predicted octanol–water partition coefficient (Wildman–Crippen LogP) is 1.59. The largest absolute Gasteiger partial charge is 0.383 e. The first-order valence-corrected chi connectivity index (χ1v) is 8.74. The highest BCUT2D eigenvalue weighted by molar-refractivity contribution is 7.89. The second kappa shape index (κ2) is 6.76. The normalized spacial score (nSPS) is 22.1. The molecule has 1 saturated carbocycles. The Balaban J connectivity index is 2.00. The summed E-state index contributed by atoms with van der Waals surface area (Å²) in [5.74, 6) is 0.515. The van der Waals surface area contributed by atoms with E-state index >= 15 is 0 Å². The van der Waals surface area contributed by atoms with Crippen molar-refractivity contribution in [2.24, 2.45) is 11.8 Å².